The van der Waals surface area contributed by atoms with Gasteiger partial charge in [0.1, 0.15) is 11.3 Å². The molecule has 0 aliphatic carbocycles. The van der Waals surface area contributed by atoms with Crippen LogP contribution in [0.1, 0.15) is 41.6 Å². The molecule has 1 amide bonds. The topological polar surface area (TPSA) is 58.0 Å². The van der Waals surface area contributed by atoms with Crippen molar-refractivity contribution in [2.75, 3.05) is 40.8 Å². The highest BCUT2D eigenvalue weighted by Crippen LogP contribution is 2.28. The molecule has 0 aliphatic rings. The summed E-state index contributed by atoms with van der Waals surface area (Å²) in [4.78, 5) is 17.6. The van der Waals surface area contributed by atoms with E-state index in [0.29, 0.717) is 18.8 Å². The van der Waals surface area contributed by atoms with Crippen LogP contribution in [0.2, 0.25) is 0 Å². The number of furan rings is 1. The van der Waals surface area contributed by atoms with Crippen molar-refractivity contribution in [3.05, 3.63) is 65.4 Å². The van der Waals surface area contributed by atoms with E-state index >= 15 is 0 Å². The molecule has 0 spiro atoms. The van der Waals surface area contributed by atoms with Crippen LogP contribution in [-0.4, -0.2) is 56.5 Å². The van der Waals surface area contributed by atoms with Gasteiger partial charge in [-0.1, -0.05) is 44.2 Å². The molecule has 166 valence electrons. The first-order valence-electron chi connectivity index (χ1n) is 10.8. The summed E-state index contributed by atoms with van der Waals surface area (Å²) in [7, 11) is 5.65. The van der Waals surface area contributed by atoms with Crippen LogP contribution in [0.4, 0.5) is 0 Å². The summed E-state index contributed by atoms with van der Waals surface area (Å²) < 4.78 is 11.4. The van der Waals surface area contributed by atoms with Gasteiger partial charge >= 0.3 is 0 Å². The normalized spacial score (nSPS) is 12.5. The summed E-state index contributed by atoms with van der Waals surface area (Å²) in [6.07, 6.45) is 0. The van der Waals surface area contributed by atoms with Crippen molar-refractivity contribution in [1.29, 1.82) is 0 Å². The number of hydrogen-bond acceptors (Lipinski definition) is 5. The molecule has 0 aliphatic heterocycles. The van der Waals surface area contributed by atoms with Crippen molar-refractivity contribution in [3.63, 3.8) is 0 Å². The molecule has 0 fully saturated rings. The first-order valence-corrected chi connectivity index (χ1v) is 10.8. The second-order valence-corrected chi connectivity index (χ2v) is 7.87. The lowest BCUT2D eigenvalue weighted by Gasteiger charge is -2.30. The fourth-order valence-electron chi connectivity index (χ4n) is 4.00. The number of fused-ring (bicyclic) bond motifs is 1. The zero-order valence-electron chi connectivity index (χ0n) is 19.1. The summed E-state index contributed by atoms with van der Waals surface area (Å²) in [5, 5.41) is 4.11. The third-order valence-corrected chi connectivity index (χ3v) is 5.57. The molecule has 1 N–H and O–H groups in total. The number of para-hydroxylation sites is 1. The lowest BCUT2D eigenvalue weighted by molar-refractivity contribution is 0.0907. The van der Waals surface area contributed by atoms with Crippen molar-refractivity contribution >= 4 is 16.9 Å². The van der Waals surface area contributed by atoms with Gasteiger partial charge in [-0.15, -0.1) is 0 Å². The lowest BCUT2D eigenvalue weighted by Crippen LogP contribution is -2.38. The number of nitrogens with one attached hydrogen (secondary N) is 1. The van der Waals surface area contributed by atoms with E-state index < -0.39 is 0 Å². The molecule has 6 nitrogen and oxygen atoms in total. The summed E-state index contributed by atoms with van der Waals surface area (Å²) in [5.74, 6) is 1.01. The van der Waals surface area contributed by atoms with Gasteiger partial charge in [-0.25, -0.2) is 0 Å². The third-order valence-electron chi connectivity index (χ3n) is 5.57. The number of carbonyl (C=O) groups excluding carboxylic acids is 1. The molecular formula is C25H33N3O3. The fourth-order valence-corrected chi connectivity index (χ4v) is 4.00. The Morgan fingerprint density at radius 2 is 1.84 bits per heavy atom. The maximum atomic E-state index is 13.2. The Kier molecular flexibility index (Phi) is 7.71. The number of carbonyl (C=O) groups is 1. The van der Waals surface area contributed by atoms with Crippen LogP contribution in [0.5, 0.6) is 5.75 Å². The van der Waals surface area contributed by atoms with Crippen LogP contribution in [0.15, 0.2) is 52.9 Å². The van der Waals surface area contributed by atoms with E-state index in [1.54, 1.807) is 7.11 Å². The fraction of sp³-hybridized carbons (Fsp3) is 0.400. The second-order valence-electron chi connectivity index (χ2n) is 7.87. The predicted molar refractivity (Wildman–Crippen MR) is 125 cm³/mol. The van der Waals surface area contributed by atoms with Gasteiger partial charge in [0, 0.05) is 24.0 Å². The van der Waals surface area contributed by atoms with Gasteiger partial charge < -0.3 is 19.4 Å². The molecule has 1 unspecified atom stereocenters. The molecule has 0 radical (unpaired) electrons. The molecule has 1 aromatic heterocycles. The first-order chi connectivity index (χ1) is 15.0. The molecule has 6 heteroatoms. The number of methoxy groups -OCH3 is 1. The summed E-state index contributed by atoms with van der Waals surface area (Å²) in [6.45, 7) is 7.14. The minimum Gasteiger partial charge on any atom is -0.497 e. The number of amides is 1. The number of nitrogens with zero attached hydrogens (tertiary/aromatic N) is 2. The van der Waals surface area contributed by atoms with Gasteiger partial charge in [-0.05, 0) is 50.9 Å². The van der Waals surface area contributed by atoms with E-state index in [9.17, 15) is 4.79 Å². The van der Waals surface area contributed by atoms with E-state index in [0.717, 1.165) is 40.9 Å². The number of hydrogen-bond donors (Lipinski definition) is 1. The Labute approximate surface area is 184 Å². The predicted octanol–water partition coefficient (Wildman–Crippen LogP) is 4.32. The molecule has 3 rings (SSSR count). The van der Waals surface area contributed by atoms with Crippen molar-refractivity contribution in [2.24, 2.45) is 0 Å². The van der Waals surface area contributed by atoms with E-state index in [1.165, 1.54) is 0 Å². The number of rotatable bonds is 10. The van der Waals surface area contributed by atoms with E-state index in [1.807, 2.05) is 61.5 Å². The maximum absolute atomic E-state index is 13.2. The Morgan fingerprint density at radius 3 is 2.52 bits per heavy atom. The molecule has 1 atom stereocenters. The van der Waals surface area contributed by atoms with Crippen LogP contribution in [0.25, 0.3) is 11.0 Å². The van der Waals surface area contributed by atoms with Crippen LogP contribution in [-0.2, 0) is 6.54 Å². The van der Waals surface area contributed by atoms with Crippen molar-refractivity contribution < 1.29 is 13.9 Å². The number of ether oxygens (including phenoxy) is 1. The van der Waals surface area contributed by atoms with Gasteiger partial charge in [0.05, 0.1) is 13.2 Å². The van der Waals surface area contributed by atoms with Crippen molar-refractivity contribution in [2.45, 2.75) is 26.4 Å². The minimum absolute atomic E-state index is 0.0377. The average molecular weight is 424 g/mol. The Morgan fingerprint density at radius 1 is 1.10 bits per heavy atom. The average Bonchev–Trinajstić information content (AvgIpc) is 3.14. The molecule has 0 bridgehead atoms. The quantitative estimate of drug-likeness (QED) is 0.526. The molecule has 3 aromatic rings. The highest BCUT2D eigenvalue weighted by atomic mass is 16.5. The highest BCUT2D eigenvalue weighted by Gasteiger charge is 2.24. The number of likely N-dealkylation sites (N-methyl/N-ethyl adjacent to an activating group) is 1. The summed E-state index contributed by atoms with van der Waals surface area (Å²) in [5.41, 5.74) is 2.76. The van der Waals surface area contributed by atoms with Gasteiger partial charge in [-0.3, -0.25) is 9.69 Å². The smallest absolute Gasteiger partial charge is 0.287 e. The van der Waals surface area contributed by atoms with E-state index in [2.05, 4.69) is 30.1 Å². The van der Waals surface area contributed by atoms with Gasteiger partial charge in [0.25, 0.3) is 5.91 Å². The van der Waals surface area contributed by atoms with Crippen LogP contribution in [0.3, 0.4) is 0 Å². The monoisotopic (exact) mass is 423 g/mol. The number of benzene rings is 2. The molecule has 0 saturated carbocycles. The van der Waals surface area contributed by atoms with E-state index in [4.69, 9.17) is 9.15 Å². The molecule has 1 heterocycles. The van der Waals surface area contributed by atoms with Crippen LogP contribution < -0.4 is 10.1 Å². The Balaban J connectivity index is 1.87. The largest absolute Gasteiger partial charge is 0.497 e. The SMILES string of the molecule is CCN(CC)C(CNC(=O)c1oc2ccccc2c1CN(C)C)c1cccc(OC)c1. The van der Waals surface area contributed by atoms with Crippen LogP contribution in [0, 0.1) is 0 Å². The van der Waals surface area contributed by atoms with Crippen LogP contribution >= 0.6 is 0 Å². The van der Waals surface area contributed by atoms with Gasteiger partial charge in [-0.2, -0.15) is 0 Å². The lowest BCUT2D eigenvalue weighted by atomic mass is 10.0. The third kappa shape index (κ3) is 5.27. The molecule has 2 aromatic carbocycles. The minimum atomic E-state index is -0.187. The maximum Gasteiger partial charge on any atom is 0.287 e. The second kappa shape index (κ2) is 10.5. The summed E-state index contributed by atoms with van der Waals surface area (Å²) in [6, 6.07) is 15.9. The van der Waals surface area contributed by atoms with Gasteiger partial charge in [0.2, 0.25) is 0 Å². The zero-order valence-corrected chi connectivity index (χ0v) is 19.1. The highest BCUT2D eigenvalue weighted by molar-refractivity contribution is 5.99. The van der Waals surface area contributed by atoms with Gasteiger partial charge in [0.15, 0.2) is 5.76 Å². The molecular weight excluding hydrogens is 390 g/mol. The molecule has 0 saturated heterocycles. The Hall–Kier alpha value is -2.83. The van der Waals surface area contributed by atoms with E-state index in [-0.39, 0.29) is 11.9 Å². The van der Waals surface area contributed by atoms with Crippen molar-refractivity contribution in [1.82, 2.24) is 15.1 Å². The standard InChI is InChI=1S/C25H33N3O3/c1-6-28(7-2)22(18-11-10-12-19(15-18)30-5)16-26-25(29)24-21(17-27(3)4)20-13-8-9-14-23(20)31-24/h8-15,22H,6-7,16-17H2,1-5H3,(H,26,29). The summed E-state index contributed by atoms with van der Waals surface area (Å²) >= 11 is 0. The zero-order chi connectivity index (χ0) is 22.4. The van der Waals surface area contributed by atoms with Crippen molar-refractivity contribution in [3.8, 4) is 5.75 Å². The Bertz CT molecular complexity index is 1010. The molecule has 31 heavy (non-hydrogen) atoms. The first kappa shape index (κ1) is 22.8.